The van der Waals surface area contributed by atoms with E-state index in [9.17, 15) is 14.4 Å². The van der Waals surface area contributed by atoms with Crippen molar-refractivity contribution in [2.45, 2.75) is 33.1 Å². The van der Waals surface area contributed by atoms with Crippen molar-refractivity contribution in [2.75, 3.05) is 6.54 Å². The molecule has 10 heteroatoms. The lowest BCUT2D eigenvalue weighted by molar-refractivity contribution is -0.137. The number of hydrogen-bond acceptors (Lipinski definition) is 7. The van der Waals surface area contributed by atoms with Crippen molar-refractivity contribution in [3.63, 3.8) is 0 Å². The van der Waals surface area contributed by atoms with E-state index in [1.165, 1.54) is 15.4 Å². The van der Waals surface area contributed by atoms with Crippen LogP contribution in [0.1, 0.15) is 42.9 Å². The van der Waals surface area contributed by atoms with Gasteiger partial charge in [-0.15, -0.1) is 0 Å². The number of pyridine rings is 1. The zero-order valence-corrected chi connectivity index (χ0v) is 21.0. The van der Waals surface area contributed by atoms with Crippen LogP contribution in [0.15, 0.2) is 52.3 Å². The van der Waals surface area contributed by atoms with Gasteiger partial charge in [-0.05, 0) is 48.2 Å². The van der Waals surface area contributed by atoms with Crippen LogP contribution in [0.3, 0.4) is 0 Å². The molecule has 1 aliphatic heterocycles. The van der Waals surface area contributed by atoms with Gasteiger partial charge in [0.1, 0.15) is 21.3 Å². The number of fused-ring (bicyclic) bond motifs is 1. The third-order valence-electron chi connectivity index (χ3n) is 5.43. The van der Waals surface area contributed by atoms with E-state index in [0.29, 0.717) is 11.4 Å². The maximum atomic E-state index is 13.5. The van der Waals surface area contributed by atoms with Crippen LogP contribution < -0.4 is 10.3 Å². The van der Waals surface area contributed by atoms with E-state index in [-0.39, 0.29) is 39.6 Å². The molecule has 0 atom stereocenters. The average Bonchev–Trinajstić information content (AvgIpc) is 3.07. The van der Waals surface area contributed by atoms with E-state index < -0.39 is 17.4 Å². The second-order valence-electron chi connectivity index (χ2n) is 8.34. The molecule has 35 heavy (non-hydrogen) atoms. The Morgan fingerprint density at radius 1 is 1.26 bits per heavy atom. The highest BCUT2D eigenvalue weighted by Gasteiger charge is 2.33. The van der Waals surface area contributed by atoms with Gasteiger partial charge >= 0.3 is 5.97 Å². The fraction of sp³-hybridized carbons (Fsp3) is 0.240. The van der Waals surface area contributed by atoms with Gasteiger partial charge in [0.2, 0.25) is 5.88 Å². The summed E-state index contributed by atoms with van der Waals surface area (Å²) >= 11 is 6.29. The average molecular weight is 510 g/mol. The van der Waals surface area contributed by atoms with Crippen molar-refractivity contribution < 1.29 is 19.4 Å². The normalized spacial score (nSPS) is 15.0. The minimum absolute atomic E-state index is 0.0450. The molecule has 3 heterocycles. The number of carboxylic acids is 1. The molecule has 0 radical (unpaired) electrons. The van der Waals surface area contributed by atoms with Crippen molar-refractivity contribution in [1.82, 2.24) is 14.3 Å². The first kappa shape index (κ1) is 24.6. The van der Waals surface area contributed by atoms with Crippen LogP contribution in [-0.4, -0.2) is 42.1 Å². The smallest absolute Gasteiger partial charge is 0.305 e. The van der Waals surface area contributed by atoms with Gasteiger partial charge in [0.25, 0.3) is 11.5 Å². The number of aliphatic carboxylic acids is 1. The summed E-state index contributed by atoms with van der Waals surface area (Å²) in [4.78, 5) is 43.4. The van der Waals surface area contributed by atoms with Crippen molar-refractivity contribution >= 4 is 51.9 Å². The number of carbonyl (C=O) groups is 2. The third-order valence-corrected chi connectivity index (χ3v) is 6.81. The summed E-state index contributed by atoms with van der Waals surface area (Å²) in [6.45, 7) is 5.99. The number of aromatic nitrogens is 2. The lowest BCUT2D eigenvalue weighted by Crippen LogP contribution is -2.30. The molecule has 1 aliphatic rings. The molecule has 180 valence electrons. The number of hydrogen-bond donors (Lipinski definition) is 1. The Bertz CT molecular complexity index is 1440. The van der Waals surface area contributed by atoms with Crippen molar-refractivity contribution in [3.05, 3.63) is 74.5 Å². The number of nitrogens with zero attached hydrogens (tertiary/aromatic N) is 3. The van der Waals surface area contributed by atoms with Gasteiger partial charge in [-0.2, -0.15) is 4.98 Å². The highest BCUT2D eigenvalue weighted by molar-refractivity contribution is 8.26. The molecule has 8 nitrogen and oxygen atoms in total. The minimum atomic E-state index is -1.03. The standard InChI is InChI=1S/C25H23N3O5S2/c1-14(2)16-8-7-15(3)12-18(16)33-22-17(23(31)27-10-5-4-6-20(27)26-22)13-19-24(32)28(25(34)35-19)11-9-21(29)30/h4-8,10,12-14H,9,11H2,1-3H3,(H,29,30)/b19-13+. The molecule has 4 rings (SSSR count). The van der Waals surface area contributed by atoms with Crippen LogP contribution in [0.4, 0.5) is 0 Å². The molecule has 0 unspecified atom stereocenters. The Morgan fingerprint density at radius 2 is 2.03 bits per heavy atom. The minimum Gasteiger partial charge on any atom is -0.481 e. The second-order valence-corrected chi connectivity index (χ2v) is 10.0. The zero-order chi connectivity index (χ0) is 25.3. The Kier molecular flexibility index (Phi) is 7.04. The molecule has 1 N–H and O–H groups in total. The van der Waals surface area contributed by atoms with Gasteiger partial charge in [0, 0.05) is 12.7 Å². The van der Waals surface area contributed by atoms with Gasteiger partial charge in [-0.3, -0.25) is 23.7 Å². The number of carbonyl (C=O) groups excluding carboxylic acids is 1. The Labute approximate surface area is 211 Å². The maximum absolute atomic E-state index is 13.5. The summed E-state index contributed by atoms with van der Waals surface area (Å²) in [5.41, 5.74) is 2.04. The number of thioether (sulfide) groups is 1. The van der Waals surface area contributed by atoms with Crippen molar-refractivity contribution in [3.8, 4) is 11.6 Å². The summed E-state index contributed by atoms with van der Waals surface area (Å²) < 4.78 is 7.85. The van der Waals surface area contributed by atoms with Crippen LogP contribution >= 0.6 is 24.0 Å². The number of ether oxygens (including phenoxy) is 1. The zero-order valence-electron chi connectivity index (χ0n) is 19.3. The predicted molar refractivity (Wildman–Crippen MR) is 139 cm³/mol. The molecule has 1 amide bonds. The third kappa shape index (κ3) is 5.13. The van der Waals surface area contributed by atoms with Gasteiger partial charge in [-0.25, -0.2) is 0 Å². The van der Waals surface area contributed by atoms with Crippen LogP contribution in [0.25, 0.3) is 11.7 Å². The van der Waals surface area contributed by atoms with Crippen LogP contribution in [0.5, 0.6) is 11.6 Å². The number of rotatable bonds is 7. The number of aryl methyl sites for hydroxylation is 1. The molecule has 1 aromatic carbocycles. The molecular weight excluding hydrogens is 486 g/mol. The van der Waals surface area contributed by atoms with Gasteiger partial charge in [0.05, 0.1) is 11.3 Å². The van der Waals surface area contributed by atoms with Crippen LogP contribution in [0.2, 0.25) is 0 Å². The molecule has 0 bridgehead atoms. The van der Waals surface area contributed by atoms with E-state index in [4.69, 9.17) is 22.1 Å². The Morgan fingerprint density at radius 3 is 2.74 bits per heavy atom. The van der Waals surface area contributed by atoms with Gasteiger partial charge in [0.15, 0.2) is 0 Å². The SMILES string of the molecule is Cc1ccc(C(C)C)c(Oc2nc3ccccn3c(=O)c2/C=C2/SC(=S)N(CCC(=O)O)C2=O)c1. The van der Waals surface area contributed by atoms with E-state index in [2.05, 4.69) is 4.98 Å². The lowest BCUT2D eigenvalue weighted by Gasteiger charge is -2.16. The number of carboxylic acid groups (broad SMARTS) is 1. The largest absolute Gasteiger partial charge is 0.481 e. The highest BCUT2D eigenvalue weighted by atomic mass is 32.2. The monoisotopic (exact) mass is 509 g/mol. The second kappa shape index (κ2) is 10.0. The van der Waals surface area contributed by atoms with E-state index in [1.807, 2.05) is 39.0 Å². The van der Waals surface area contributed by atoms with E-state index in [1.54, 1.807) is 24.4 Å². The molecular formula is C25H23N3O5S2. The fourth-order valence-electron chi connectivity index (χ4n) is 3.63. The van der Waals surface area contributed by atoms with Gasteiger partial charge < -0.3 is 9.84 Å². The quantitative estimate of drug-likeness (QED) is 0.364. The van der Waals surface area contributed by atoms with Crippen molar-refractivity contribution in [1.29, 1.82) is 0 Å². The van der Waals surface area contributed by atoms with Crippen LogP contribution in [-0.2, 0) is 9.59 Å². The molecule has 1 fully saturated rings. The van der Waals surface area contributed by atoms with Gasteiger partial charge in [-0.1, -0.05) is 56.0 Å². The number of benzene rings is 1. The summed E-state index contributed by atoms with van der Waals surface area (Å²) in [6, 6.07) is 11.0. The topological polar surface area (TPSA) is 101 Å². The summed E-state index contributed by atoms with van der Waals surface area (Å²) in [5.74, 6) is -0.667. The first-order valence-electron chi connectivity index (χ1n) is 10.9. The van der Waals surface area contributed by atoms with Crippen molar-refractivity contribution in [2.24, 2.45) is 0 Å². The summed E-state index contributed by atoms with van der Waals surface area (Å²) in [6.07, 6.45) is 2.78. The van der Waals surface area contributed by atoms with E-state index in [0.717, 1.165) is 22.9 Å². The Hall–Kier alpha value is -3.50. The Balaban J connectivity index is 1.84. The fourth-order valence-corrected chi connectivity index (χ4v) is 4.92. The molecule has 1 saturated heterocycles. The first-order chi connectivity index (χ1) is 16.7. The lowest BCUT2D eigenvalue weighted by atomic mass is 10.0. The molecule has 3 aromatic rings. The highest BCUT2D eigenvalue weighted by Crippen LogP contribution is 2.36. The van der Waals surface area contributed by atoms with Crippen LogP contribution in [0, 0.1) is 6.92 Å². The summed E-state index contributed by atoms with van der Waals surface area (Å²) in [5, 5.41) is 8.97. The number of amides is 1. The molecule has 2 aromatic heterocycles. The van der Waals surface area contributed by atoms with E-state index >= 15 is 0 Å². The number of thiocarbonyl (C=S) groups is 1. The summed E-state index contributed by atoms with van der Waals surface area (Å²) in [7, 11) is 0. The predicted octanol–water partition coefficient (Wildman–Crippen LogP) is 4.59. The molecule has 0 spiro atoms. The first-order valence-corrected chi connectivity index (χ1v) is 12.1. The molecule has 0 saturated carbocycles. The molecule has 0 aliphatic carbocycles. The maximum Gasteiger partial charge on any atom is 0.305 e.